The molecule has 4 heteroatoms. The van der Waals surface area contributed by atoms with Crippen LogP contribution in [-0.2, 0) is 17.6 Å². The van der Waals surface area contributed by atoms with Crippen molar-refractivity contribution in [3.05, 3.63) is 22.9 Å². The van der Waals surface area contributed by atoms with E-state index in [1.165, 1.54) is 5.56 Å². The first kappa shape index (κ1) is 12.8. The lowest BCUT2D eigenvalue weighted by Crippen LogP contribution is -2.32. The third-order valence-electron chi connectivity index (χ3n) is 3.41. The van der Waals surface area contributed by atoms with Gasteiger partial charge in [0.25, 0.3) is 0 Å². The van der Waals surface area contributed by atoms with Gasteiger partial charge in [0.05, 0.1) is 11.2 Å². The Morgan fingerprint density at radius 2 is 2.28 bits per heavy atom. The van der Waals surface area contributed by atoms with E-state index < -0.39 is 0 Å². The predicted molar refractivity (Wildman–Crippen MR) is 70.6 cm³/mol. The molecular weight excluding hydrogens is 226 g/mol. The van der Waals surface area contributed by atoms with Crippen LogP contribution in [0.15, 0.2) is 6.07 Å². The van der Waals surface area contributed by atoms with Crippen LogP contribution in [0.25, 0.3) is 0 Å². The first-order valence-corrected chi connectivity index (χ1v) is 6.27. The Kier molecular flexibility index (Phi) is 3.53. The molecule has 1 heterocycles. The van der Waals surface area contributed by atoms with Crippen LogP contribution in [-0.4, -0.2) is 24.2 Å². The van der Waals surface area contributed by atoms with E-state index in [4.69, 9.17) is 4.74 Å². The van der Waals surface area contributed by atoms with Crippen molar-refractivity contribution in [2.24, 2.45) is 0 Å². The SMILES string of the molecule is COC(C)(C)CNc1nc2c(cc1C#N)CCC2. The molecule has 1 aliphatic rings. The summed E-state index contributed by atoms with van der Waals surface area (Å²) in [7, 11) is 1.68. The Morgan fingerprint density at radius 1 is 1.50 bits per heavy atom. The van der Waals surface area contributed by atoms with Crippen molar-refractivity contribution < 1.29 is 4.74 Å². The lowest BCUT2D eigenvalue weighted by molar-refractivity contribution is 0.0343. The molecule has 0 bridgehead atoms. The van der Waals surface area contributed by atoms with Gasteiger partial charge in [0.15, 0.2) is 0 Å². The van der Waals surface area contributed by atoms with Crippen molar-refractivity contribution in [2.75, 3.05) is 19.0 Å². The van der Waals surface area contributed by atoms with Crippen molar-refractivity contribution in [3.63, 3.8) is 0 Å². The number of nitriles is 1. The maximum Gasteiger partial charge on any atom is 0.144 e. The van der Waals surface area contributed by atoms with E-state index in [1.54, 1.807) is 7.11 Å². The van der Waals surface area contributed by atoms with E-state index in [2.05, 4.69) is 16.4 Å². The minimum Gasteiger partial charge on any atom is -0.377 e. The fourth-order valence-electron chi connectivity index (χ4n) is 2.06. The van der Waals surface area contributed by atoms with Gasteiger partial charge in [-0.2, -0.15) is 5.26 Å². The molecule has 1 aromatic heterocycles. The molecule has 0 aliphatic heterocycles. The van der Waals surface area contributed by atoms with Gasteiger partial charge in [-0.3, -0.25) is 0 Å². The van der Waals surface area contributed by atoms with E-state index in [9.17, 15) is 5.26 Å². The summed E-state index contributed by atoms with van der Waals surface area (Å²) < 4.78 is 5.35. The molecule has 4 nitrogen and oxygen atoms in total. The van der Waals surface area contributed by atoms with Crippen molar-refractivity contribution in [1.82, 2.24) is 4.98 Å². The zero-order chi connectivity index (χ0) is 13.2. The number of nitrogens with one attached hydrogen (secondary N) is 1. The normalized spacial score (nSPS) is 14.1. The summed E-state index contributed by atoms with van der Waals surface area (Å²) in [5.74, 6) is 0.684. The van der Waals surface area contributed by atoms with Crippen LogP contribution in [0.2, 0.25) is 0 Å². The first-order valence-electron chi connectivity index (χ1n) is 6.27. The predicted octanol–water partition coefficient (Wildman–Crippen LogP) is 2.28. The Balaban J connectivity index is 2.20. The number of anilines is 1. The highest BCUT2D eigenvalue weighted by Crippen LogP contribution is 2.25. The fourth-order valence-corrected chi connectivity index (χ4v) is 2.06. The standard InChI is InChI=1S/C14H19N3O/c1-14(2,18-3)9-16-13-11(8-15)7-10-5-4-6-12(10)17-13/h7H,4-6,9H2,1-3H3,(H,16,17). The van der Waals surface area contributed by atoms with Gasteiger partial charge >= 0.3 is 0 Å². The molecule has 0 amide bonds. The molecule has 18 heavy (non-hydrogen) atoms. The van der Waals surface area contributed by atoms with Gasteiger partial charge in [0.2, 0.25) is 0 Å². The number of ether oxygens (including phenoxy) is 1. The minimum atomic E-state index is -0.270. The van der Waals surface area contributed by atoms with E-state index in [0.29, 0.717) is 17.9 Å². The molecule has 0 spiro atoms. The average molecular weight is 245 g/mol. The summed E-state index contributed by atoms with van der Waals surface area (Å²) in [4.78, 5) is 4.57. The summed E-state index contributed by atoms with van der Waals surface area (Å²) >= 11 is 0. The second kappa shape index (κ2) is 4.95. The highest BCUT2D eigenvalue weighted by Gasteiger charge is 2.19. The summed E-state index contributed by atoms with van der Waals surface area (Å²) in [5.41, 5.74) is 2.71. The lowest BCUT2D eigenvalue weighted by atomic mass is 10.1. The molecule has 0 radical (unpaired) electrons. The number of hydrogen-bond donors (Lipinski definition) is 1. The maximum absolute atomic E-state index is 9.18. The average Bonchev–Trinajstić information content (AvgIpc) is 2.82. The maximum atomic E-state index is 9.18. The largest absolute Gasteiger partial charge is 0.377 e. The molecule has 0 saturated carbocycles. The lowest BCUT2D eigenvalue weighted by Gasteiger charge is -2.23. The van der Waals surface area contributed by atoms with Gasteiger partial charge < -0.3 is 10.1 Å². The third kappa shape index (κ3) is 2.62. The summed E-state index contributed by atoms with van der Waals surface area (Å²) in [6, 6.07) is 4.18. The molecule has 0 aromatic carbocycles. The summed E-state index contributed by atoms with van der Waals surface area (Å²) in [6.07, 6.45) is 3.20. The van der Waals surface area contributed by atoms with Gasteiger partial charge in [-0.25, -0.2) is 4.98 Å². The van der Waals surface area contributed by atoms with Crippen LogP contribution < -0.4 is 5.32 Å². The van der Waals surface area contributed by atoms with Crippen molar-refractivity contribution >= 4 is 5.82 Å². The number of nitrogens with zero attached hydrogens (tertiary/aromatic N) is 2. The third-order valence-corrected chi connectivity index (χ3v) is 3.41. The fraction of sp³-hybridized carbons (Fsp3) is 0.571. The smallest absolute Gasteiger partial charge is 0.144 e. The Hall–Kier alpha value is -1.60. The molecule has 0 atom stereocenters. The molecule has 0 fully saturated rings. The van der Waals surface area contributed by atoms with Gasteiger partial charge in [-0.15, -0.1) is 0 Å². The highest BCUT2D eigenvalue weighted by molar-refractivity contribution is 5.55. The van der Waals surface area contributed by atoms with E-state index in [-0.39, 0.29) is 5.60 Å². The summed E-state index contributed by atoms with van der Waals surface area (Å²) in [6.45, 7) is 4.63. The van der Waals surface area contributed by atoms with Crippen LogP contribution in [0, 0.1) is 11.3 Å². The van der Waals surface area contributed by atoms with Crippen LogP contribution in [0.5, 0.6) is 0 Å². The summed E-state index contributed by atoms with van der Waals surface area (Å²) in [5, 5.41) is 12.4. The number of pyridine rings is 1. The zero-order valence-corrected chi connectivity index (χ0v) is 11.2. The van der Waals surface area contributed by atoms with E-state index >= 15 is 0 Å². The van der Waals surface area contributed by atoms with Crippen molar-refractivity contribution in [1.29, 1.82) is 5.26 Å². The number of aromatic nitrogens is 1. The van der Waals surface area contributed by atoms with Gasteiger partial charge in [0, 0.05) is 19.3 Å². The van der Waals surface area contributed by atoms with Crippen LogP contribution in [0.1, 0.15) is 37.1 Å². The van der Waals surface area contributed by atoms with E-state index in [0.717, 1.165) is 25.0 Å². The number of hydrogen-bond acceptors (Lipinski definition) is 4. The monoisotopic (exact) mass is 245 g/mol. The number of rotatable bonds is 4. The molecule has 0 saturated heterocycles. The van der Waals surface area contributed by atoms with Gasteiger partial charge in [0.1, 0.15) is 11.9 Å². The molecule has 0 unspecified atom stereocenters. The van der Waals surface area contributed by atoms with Gasteiger partial charge in [-0.1, -0.05) is 0 Å². The first-order chi connectivity index (χ1) is 8.55. The molecule has 1 aromatic rings. The van der Waals surface area contributed by atoms with Crippen molar-refractivity contribution in [2.45, 2.75) is 38.7 Å². The van der Waals surface area contributed by atoms with Crippen molar-refractivity contribution in [3.8, 4) is 6.07 Å². The van der Waals surface area contributed by atoms with Crippen LogP contribution in [0.4, 0.5) is 5.82 Å². The number of aryl methyl sites for hydroxylation is 2. The number of fused-ring (bicyclic) bond motifs is 1. The Bertz CT molecular complexity index is 489. The Morgan fingerprint density at radius 3 is 2.94 bits per heavy atom. The Labute approximate surface area is 108 Å². The van der Waals surface area contributed by atoms with Crippen LogP contribution in [0.3, 0.4) is 0 Å². The molecular formula is C14H19N3O. The quantitative estimate of drug-likeness (QED) is 0.884. The second-order valence-electron chi connectivity index (χ2n) is 5.27. The molecule has 1 aliphatic carbocycles. The highest BCUT2D eigenvalue weighted by atomic mass is 16.5. The molecule has 1 N–H and O–H groups in total. The molecule has 96 valence electrons. The second-order valence-corrected chi connectivity index (χ2v) is 5.27. The van der Waals surface area contributed by atoms with E-state index in [1.807, 2.05) is 19.9 Å². The minimum absolute atomic E-state index is 0.270. The van der Waals surface area contributed by atoms with Crippen LogP contribution >= 0.6 is 0 Å². The van der Waals surface area contributed by atoms with Gasteiger partial charge in [-0.05, 0) is 44.7 Å². The topological polar surface area (TPSA) is 57.9 Å². The number of methoxy groups -OCH3 is 1. The molecule has 2 rings (SSSR count). The zero-order valence-electron chi connectivity index (χ0n) is 11.2.